The van der Waals surface area contributed by atoms with E-state index in [-0.39, 0.29) is 5.91 Å². The van der Waals surface area contributed by atoms with Crippen LogP contribution in [0.15, 0.2) is 5.10 Å². The van der Waals surface area contributed by atoms with Crippen LogP contribution in [-0.4, -0.2) is 11.6 Å². The Kier molecular flexibility index (Phi) is 6.74. The van der Waals surface area contributed by atoms with Crippen molar-refractivity contribution in [3.05, 3.63) is 0 Å². The molecule has 0 radical (unpaired) electrons. The van der Waals surface area contributed by atoms with E-state index < -0.39 is 0 Å². The molecule has 4 aliphatic carbocycles. The quantitative estimate of drug-likeness (QED) is 0.420. The highest BCUT2D eigenvalue weighted by Crippen LogP contribution is 2.52. The second kappa shape index (κ2) is 9.01. The van der Waals surface area contributed by atoms with Crippen molar-refractivity contribution >= 4 is 11.6 Å². The number of carbonyl (C=O) groups is 1. The van der Waals surface area contributed by atoms with Crippen LogP contribution in [0.3, 0.4) is 0 Å². The highest BCUT2D eigenvalue weighted by Gasteiger charge is 2.46. The maximum atomic E-state index is 12.0. The van der Waals surface area contributed by atoms with Crippen molar-refractivity contribution in [2.75, 3.05) is 0 Å². The maximum Gasteiger partial charge on any atom is 0.240 e. The molecule has 136 valence electrons. The minimum Gasteiger partial charge on any atom is -0.273 e. The van der Waals surface area contributed by atoms with Gasteiger partial charge in [0.25, 0.3) is 0 Å². The van der Waals surface area contributed by atoms with Gasteiger partial charge in [0.05, 0.1) is 0 Å². The van der Waals surface area contributed by atoms with E-state index in [1.54, 1.807) is 0 Å². The molecule has 0 aromatic rings. The number of hydrogen-bond acceptors (Lipinski definition) is 2. The van der Waals surface area contributed by atoms with E-state index >= 15 is 0 Å². The lowest BCUT2D eigenvalue weighted by atomic mass is 9.55. The van der Waals surface area contributed by atoms with Crippen molar-refractivity contribution in [3.63, 3.8) is 0 Å². The number of carbonyl (C=O) groups excluding carboxylic acids is 1. The number of unbranched alkanes of at least 4 members (excludes halogenated alkanes) is 7. The van der Waals surface area contributed by atoms with Crippen LogP contribution in [-0.2, 0) is 4.79 Å². The summed E-state index contributed by atoms with van der Waals surface area (Å²) < 4.78 is 0. The summed E-state index contributed by atoms with van der Waals surface area (Å²) in [6, 6.07) is 0. The van der Waals surface area contributed by atoms with Gasteiger partial charge in [-0.1, -0.05) is 51.9 Å². The summed E-state index contributed by atoms with van der Waals surface area (Å²) in [7, 11) is 0. The molecule has 4 bridgehead atoms. The first-order valence-corrected chi connectivity index (χ1v) is 10.6. The fraction of sp³-hybridized carbons (Fsp3) is 0.905. The summed E-state index contributed by atoms with van der Waals surface area (Å²) >= 11 is 0. The Bertz CT molecular complexity index is 413. The predicted molar refractivity (Wildman–Crippen MR) is 99.8 cm³/mol. The third kappa shape index (κ3) is 4.83. The zero-order valence-electron chi connectivity index (χ0n) is 15.6. The van der Waals surface area contributed by atoms with Crippen LogP contribution in [0.4, 0.5) is 0 Å². The Morgan fingerprint density at radius 2 is 1.42 bits per heavy atom. The van der Waals surface area contributed by atoms with Gasteiger partial charge in [-0.15, -0.1) is 0 Å². The van der Waals surface area contributed by atoms with E-state index in [2.05, 4.69) is 17.5 Å². The lowest BCUT2D eigenvalue weighted by Crippen LogP contribution is -2.46. The molecule has 0 heterocycles. The molecule has 0 atom stereocenters. The fourth-order valence-electron chi connectivity index (χ4n) is 5.45. The Morgan fingerprint density at radius 3 is 2.00 bits per heavy atom. The Labute approximate surface area is 148 Å². The minimum atomic E-state index is 0.127. The van der Waals surface area contributed by atoms with E-state index in [4.69, 9.17) is 0 Å². The van der Waals surface area contributed by atoms with Gasteiger partial charge < -0.3 is 0 Å². The summed E-state index contributed by atoms with van der Waals surface area (Å²) in [5.41, 5.74) is 4.22. The van der Waals surface area contributed by atoms with Crippen molar-refractivity contribution in [2.24, 2.45) is 28.8 Å². The Balaban J connectivity index is 1.29. The van der Waals surface area contributed by atoms with Crippen LogP contribution < -0.4 is 5.43 Å². The number of hydrogen-bond donors (Lipinski definition) is 1. The number of nitrogens with one attached hydrogen (secondary N) is 1. The Hall–Kier alpha value is -0.860. The van der Waals surface area contributed by atoms with Crippen molar-refractivity contribution in [3.8, 4) is 0 Å². The number of amides is 1. The van der Waals surface area contributed by atoms with Crippen LogP contribution in [0, 0.1) is 23.7 Å². The average Bonchev–Trinajstić information content (AvgIpc) is 2.56. The van der Waals surface area contributed by atoms with Gasteiger partial charge in [-0.05, 0) is 62.2 Å². The minimum absolute atomic E-state index is 0.127. The molecule has 0 aromatic heterocycles. The molecule has 0 aromatic carbocycles. The number of nitrogens with zero attached hydrogens (tertiary/aromatic N) is 1. The van der Waals surface area contributed by atoms with Gasteiger partial charge >= 0.3 is 0 Å². The zero-order chi connectivity index (χ0) is 16.8. The summed E-state index contributed by atoms with van der Waals surface area (Å²) in [6.07, 6.45) is 17.7. The van der Waals surface area contributed by atoms with Gasteiger partial charge in [0.2, 0.25) is 5.91 Å². The molecule has 0 aliphatic heterocycles. The zero-order valence-corrected chi connectivity index (χ0v) is 15.6. The summed E-state index contributed by atoms with van der Waals surface area (Å²) in [6.45, 7) is 2.26. The third-order valence-electron chi connectivity index (χ3n) is 6.54. The summed E-state index contributed by atoms with van der Waals surface area (Å²) in [5, 5.41) is 4.59. The van der Waals surface area contributed by atoms with Crippen molar-refractivity contribution in [1.82, 2.24) is 5.43 Å². The molecular formula is C21H36N2O. The average molecular weight is 333 g/mol. The van der Waals surface area contributed by atoms with Crippen LogP contribution in [0.25, 0.3) is 0 Å². The molecular weight excluding hydrogens is 296 g/mol. The first kappa shape index (κ1) is 17.9. The monoisotopic (exact) mass is 332 g/mol. The normalized spacial score (nSPS) is 30.6. The molecule has 3 heteroatoms. The van der Waals surface area contributed by atoms with Crippen LogP contribution in [0.1, 0.15) is 96.8 Å². The van der Waals surface area contributed by atoms with Crippen molar-refractivity contribution in [1.29, 1.82) is 0 Å². The van der Waals surface area contributed by atoms with E-state index in [9.17, 15) is 4.79 Å². The van der Waals surface area contributed by atoms with E-state index in [0.29, 0.717) is 18.3 Å². The van der Waals surface area contributed by atoms with Gasteiger partial charge in [-0.2, -0.15) is 5.10 Å². The first-order valence-electron chi connectivity index (χ1n) is 10.6. The molecule has 4 aliphatic rings. The maximum absolute atomic E-state index is 12.0. The molecule has 4 fully saturated rings. The second-order valence-electron chi connectivity index (χ2n) is 8.60. The SMILES string of the molecule is CCCCCCCCCCC(=O)NN=C1C2CC3CC(C2)CC1C3. The molecule has 1 amide bonds. The van der Waals surface area contributed by atoms with Crippen molar-refractivity contribution < 1.29 is 4.79 Å². The Morgan fingerprint density at radius 1 is 0.875 bits per heavy atom. The van der Waals surface area contributed by atoms with Crippen LogP contribution >= 0.6 is 0 Å². The summed E-state index contributed by atoms with van der Waals surface area (Å²) in [4.78, 5) is 12.0. The highest BCUT2D eigenvalue weighted by molar-refractivity contribution is 5.91. The molecule has 24 heavy (non-hydrogen) atoms. The topological polar surface area (TPSA) is 41.5 Å². The van der Waals surface area contributed by atoms with Gasteiger partial charge in [0, 0.05) is 12.1 Å². The summed E-state index contributed by atoms with van der Waals surface area (Å²) in [5.74, 6) is 3.41. The molecule has 0 spiro atoms. The smallest absolute Gasteiger partial charge is 0.240 e. The second-order valence-corrected chi connectivity index (χ2v) is 8.60. The molecule has 4 rings (SSSR count). The van der Waals surface area contributed by atoms with Gasteiger partial charge in [0.1, 0.15) is 0 Å². The third-order valence-corrected chi connectivity index (χ3v) is 6.54. The largest absolute Gasteiger partial charge is 0.273 e. The number of hydrazone groups is 1. The van der Waals surface area contributed by atoms with Gasteiger partial charge in [0.15, 0.2) is 0 Å². The van der Waals surface area contributed by atoms with E-state index in [0.717, 1.165) is 18.3 Å². The van der Waals surface area contributed by atoms with Crippen LogP contribution in [0.2, 0.25) is 0 Å². The molecule has 3 nitrogen and oxygen atoms in total. The molecule has 0 saturated heterocycles. The van der Waals surface area contributed by atoms with Gasteiger partial charge in [-0.25, -0.2) is 5.43 Å². The standard InChI is InChI=1S/C21H36N2O/c1-2-3-4-5-6-7-8-9-10-20(24)22-23-21-18-12-16-11-17(14-18)15-19(21)13-16/h16-19H,2-15H2,1H3,(H,22,24). The fourth-order valence-corrected chi connectivity index (χ4v) is 5.45. The van der Waals surface area contributed by atoms with Gasteiger partial charge in [-0.3, -0.25) is 4.79 Å². The number of rotatable bonds is 10. The first-order chi connectivity index (χ1) is 11.8. The lowest BCUT2D eigenvalue weighted by molar-refractivity contribution is -0.121. The molecule has 0 unspecified atom stereocenters. The lowest BCUT2D eigenvalue weighted by Gasteiger charge is -2.50. The molecule has 1 N–H and O–H groups in total. The van der Waals surface area contributed by atoms with E-state index in [1.165, 1.54) is 82.8 Å². The highest BCUT2D eigenvalue weighted by atomic mass is 16.2. The predicted octanol–water partition coefficient (Wildman–Crippen LogP) is 5.45. The van der Waals surface area contributed by atoms with Crippen LogP contribution in [0.5, 0.6) is 0 Å². The molecule has 4 saturated carbocycles. The van der Waals surface area contributed by atoms with Crippen molar-refractivity contribution in [2.45, 2.75) is 96.8 Å². The van der Waals surface area contributed by atoms with E-state index in [1.807, 2.05) is 0 Å².